The number of hydrogen-bond donors (Lipinski definition) is 0. The molecule has 3 aromatic rings. The molecule has 0 heterocycles. The zero-order valence-electron chi connectivity index (χ0n) is 19.3. The third-order valence-corrected chi connectivity index (χ3v) is 7.86. The first kappa shape index (κ1) is 24.8. The first-order chi connectivity index (χ1) is 15.6. The van der Waals surface area contributed by atoms with Crippen molar-refractivity contribution >= 4 is 33.2 Å². The van der Waals surface area contributed by atoms with Gasteiger partial charge in [-0.2, -0.15) is 0 Å². The number of hydrogen-bond acceptors (Lipinski definition) is 4. The third-order valence-electron chi connectivity index (χ3n) is 5.52. The lowest BCUT2D eigenvalue weighted by Gasteiger charge is -2.25. The lowest BCUT2D eigenvalue weighted by atomic mass is 10.1. The average molecular weight is 486 g/mol. The second-order valence-electron chi connectivity index (χ2n) is 8.02. The van der Waals surface area contributed by atoms with Gasteiger partial charge in [-0.3, -0.25) is 4.79 Å². The Morgan fingerprint density at radius 1 is 0.909 bits per heavy atom. The fraction of sp³-hybridized carbons (Fsp3) is 0.269. The van der Waals surface area contributed by atoms with E-state index in [1.807, 2.05) is 45.9 Å². The molecule has 0 saturated carbocycles. The van der Waals surface area contributed by atoms with Crippen molar-refractivity contribution in [3.8, 4) is 5.75 Å². The highest BCUT2D eigenvalue weighted by molar-refractivity contribution is 7.93. The summed E-state index contributed by atoms with van der Waals surface area (Å²) in [5.41, 5.74) is 3.85. The molecule has 0 aliphatic heterocycles. The summed E-state index contributed by atoms with van der Waals surface area (Å²) in [7, 11) is -4.07. The van der Waals surface area contributed by atoms with Crippen LogP contribution in [0, 0.1) is 27.7 Å². The average Bonchev–Trinajstić information content (AvgIpc) is 2.78. The van der Waals surface area contributed by atoms with Crippen molar-refractivity contribution in [2.45, 2.75) is 45.4 Å². The Hall–Kier alpha value is -2.83. The van der Waals surface area contributed by atoms with Gasteiger partial charge in [0, 0.05) is 11.4 Å². The van der Waals surface area contributed by atoms with E-state index in [1.54, 1.807) is 30.3 Å². The molecule has 1 amide bonds. The minimum absolute atomic E-state index is 0.0188. The molecule has 0 aliphatic rings. The first-order valence-corrected chi connectivity index (χ1v) is 12.5. The minimum Gasteiger partial charge on any atom is -0.494 e. The molecule has 0 aliphatic carbocycles. The van der Waals surface area contributed by atoms with Crippen LogP contribution in [0.15, 0.2) is 65.6 Å². The summed E-state index contributed by atoms with van der Waals surface area (Å²) in [4.78, 5) is 13.3. The largest absolute Gasteiger partial charge is 0.494 e. The van der Waals surface area contributed by atoms with E-state index in [1.165, 1.54) is 12.1 Å². The van der Waals surface area contributed by atoms with Gasteiger partial charge in [0.05, 0.1) is 17.2 Å². The number of halogens is 1. The molecule has 0 fully saturated rings. The molecule has 3 aromatic carbocycles. The normalized spacial score (nSPS) is 11.3. The van der Waals surface area contributed by atoms with Gasteiger partial charge in [-0.15, -0.1) is 0 Å². The van der Waals surface area contributed by atoms with Gasteiger partial charge in [0.15, 0.2) is 0 Å². The number of anilines is 1. The number of rotatable bonds is 8. The molecule has 3 rings (SSSR count). The highest BCUT2D eigenvalue weighted by Gasteiger charge is 2.31. The van der Waals surface area contributed by atoms with Crippen LogP contribution < -0.4 is 9.04 Å². The van der Waals surface area contributed by atoms with Crippen LogP contribution in [0.25, 0.3) is 0 Å². The lowest BCUT2D eigenvalue weighted by Crippen LogP contribution is -2.37. The molecule has 7 heteroatoms. The van der Waals surface area contributed by atoms with Crippen LogP contribution in [-0.2, 0) is 14.8 Å². The molecule has 0 saturated heterocycles. The van der Waals surface area contributed by atoms with E-state index < -0.39 is 15.9 Å². The summed E-state index contributed by atoms with van der Waals surface area (Å²) in [6, 6.07) is 17.0. The number of sulfonamides is 1. The minimum atomic E-state index is -4.07. The van der Waals surface area contributed by atoms with Crippen molar-refractivity contribution in [3.63, 3.8) is 0 Å². The Morgan fingerprint density at radius 2 is 1.55 bits per heavy atom. The maximum Gasteiger partial charge on any atom is 0.270 e. The highest BCUT2D eigenvalue weighted by atomic mass is 35.5. The molecular weight excluding hydrogens is 458 g/mol. The molecule has 0 spiro atoms. The number of amides is 1. The van der Waals surface area contributed by atoms with Gasteiger partial charge in [-0.05, 0) is 86.7 Å². The summed E-state index contributed by atoms with van der Waals surface area (Å²) in [6.07, 6.45) is 0.385. The third kappa shape index (κ3) is 5.57. The molecule has 0 N–H and O–H groups in total. The van der Waals surface area contributed by atoms with Gasteiger partial charge in [-0.1, -0.05) is 41.9 Å². The van der Waals surface area contributed by atoms with Crippen LogP contribution in [-0.4, -0.2) is 20.9 Å². The molecule has 0 bridgehead atoms. The molecule has 0 aromatic heterocycles. The Kier molecular flexibility index (Phi) is 7.82. The Labute approximate surface area is 201 Å². The van der Waals surface area contributed by atoms with Gasteiger partial charge in [0.25, 0.3) is 10.0 Å². The highest BCUT2D eigenvalue weighted by Crippen LogP contribution is 2.30. The Balaban J connectivity index is 1.81. The monoisotopic (exact) mass is 485 g/mol. The second kappa shape index (κ2) is 10.4. The molecule has 174 valence electrons. The summed E-state index contributed by atoms with van der Waals surface area (Å²) in [5.74, 6) is 0.171. The summed E-state index contributed by atoms with van der Waals surface area (Å²) in [6.45, 7) is 7.79. The predicted molar refractivity (Wildman–Crippen MR) is 133 cm³/mol. The van der Waals surface area contributed by atoms with Crippen molar-refractivity contribution in [1.29, 1.82) is 0 Å². The first-order valence-electron chi connectivity index (χ1n) is 10.7. The number of ether oxygens (including phenoxy) is 1. The van der Waals surface area contributed by atoms with Crippen LogP contribution >= 0.6 is 11.6 Å². The Morgan fingerprint density at radius 3 is 2.18 bits per heavy atom. The van der Waals surface area contributed by atoms with Crippen molar-refractivity contribution < 1.29 is 17.9 Å². The summed E-state index contributed by atoms with van der Waals surface area (Å²) >= 11 is 6.20. The summed E-state index contributed by atoms with van der Waals surface area (Å²) < 4.78 is 33.6. The van der Waals surface area contributed by atoms with Crippen LogP contribution in [0.5, 0.6) is 5.75 Å². The maximum atomic E-state index is 13.5. The van der Waals surface area contributed by atoms with E-state index >= 15 is 0 Å². The predicted octanol–water partition coefficient (Wildman–Crippen LogP) is 6.15. The van der Waals surface area contributed by atoms with Crippen LogP contribution in [0.3, 0.4) is 0 Å². The zero-order chi connectivity index (χ0) is 24.2. The standard InChI is InChI=1S/C26H28ClNO4S/c1-18-10-8-13-24(21(18)4)28(33(30,31)23-11-6-5-7-12-23)25(29)14-9-15-32-22-16-19(2)26(27)20(3)17-22/h5-8,10-13,16-17H,9,14-15H2,1-4H3. The zero-order valence-corrected chi connectivity index (χ0v) is 20.8. The van der Waals surface area contributed by atoms with Crippen LogP contribution in [0.1, 0.15) is 35.1 Å². The molecule has 0 radical (unpaired) electrons. The number of nitrogens with zero attached hydrogens (tertiary/aromatic N) is 1. The second-order valence-corrected chi connectivity index (χ2v) is 10.2. The van der Waals surface area contributed by atoms with E-state index in [0.29, 0.717) is 22.9 Å². The topological polar surface area (TPSA) is 63.7 Å². The van der Waals surface area contributed by atoms with Gasteiger partial charge in [0.2, 0.25) is 5.91 Å². The number of aryl methyl sites for hydroxylation is 3. The number of carbonyl (C=O) groups excluding carboxylic acids is 1. The quantitative estimate of drug-likeness (QED) is 0.359. The van der Waals surface area contributed by atoms with E-state index in [2.05, 4.69) is 0 Å². The van der Waals surface area contributed by atoms with E-state index in [4.69, 9.17) is 16.3 Å². The smallest absolute Gasteiger partial charge is 0.270 e. The van der Waals surface area contributed by atoms with Crippen molar-refractivity contribution in [2.24, 2.45) is 0 Å². The van der Waals surface area contributed by atoms with Crippen LogP contribution in [0.2, 0.25) is 5.02 Å². The van der Waals surface area contributed by atoms with Gasteiger partial charge in [0.1, 0.15) is 5.75 Å². The SMILES string of the molecule is Cc1cccc(N(C(=O)CCCOc2cc(C)c(Cl)c(C)c2)S(=O)(=O)c2ccccc2)c1C. The van der Waals surface area contributed by atoms with Crippen molar-refractivity contribution in [3.05, 3.63) is 87.9 Å². The maximum absolute atomic E-state index is 13.5. The number of benzene rings is 3. The summed E-state index contributed by atoms with van der Waals surface area (Å²) in [5, 5.41) is 0.702. The molecule has 0 atom stereocenters. The van der Waals surface area contributed by atoms with Crippen molar-refractivity contribution in [2.75, 3.05) is 10.9 Å². The van der Waals surface area contributed by atoms with E-state index in [-0.39, 0.29) is 17.9 Å². The van der Waals surface area contributed by atoms with Gasteiger partial charge >= 0.3 is 0 Å². The molecule has 0 unspecified atom stereocenters. The Bertz CT molecular complexity index is 1230. The lowest BCUT2D eigenvalue weighted by molar-refractivity contribution is -0.117. The molecule has 5 nitrogen and oxygen atoms in total. The van der Waals surface area contributed by atoms with Gasteiger partial charge < -0.3 is 4.74 Å². The number of carbonyl (C=O) groups is 1. The fourth-order valence-corrected chi connectivity index (χ4v) is 5.19. The van der Waals surface area contributed by atoms with E-state index in [9.17, 15) is 13.2 Å². The van der Waals surface area contributed by atoms with E-state index in [0.717, 1.165) is 26.6 Å². The van der Waals surface area contributed by atoms with Gasteiger partial charge in [-0.25, -0.2) is 12.7 Å². The fourth-order valence-electron chi connectivity index (χ4n) is 3.56. The van der Waals surface area contributed by atoms with Crippen LogP contribution in [0.4, 0.5) is 5.69 Å². The van der Waals surface area contributed by atoms with Crippen molar-refractivity contribution in [1.82, 2.24) is 0 Å². The molecular formula is C26H28ClNO4S. The molecule has 33 heavy (non-hydrogen) atoms.